The molecule has 0 fully saturated rings. The molecule has 0 amide bonds. The molecule has 1 aromatic carbocycles. The van der Waals surface area contributed by atoms with Gasteiger partial charge in [-0.15, -0.1) is 0 Å². The zero-order valence-electron chi connectivity index (χ0n) is 9.67. The summed E-state index contributed by atoms with van der Waals surface area (Å²) in [7, 11) is 1.49. The van der Waals surface area contributed by atoms with Crippen molar-refractivity contribution in [3.63, 3.8) is 0 Å². The van der Waals surface area contributed by atoms with Crippen LogP contribution in [0, 0.1) is 11.7 Å². The smallest absolute Gasteiger partial charge is 0.306 e. The minimum absolute atomic E-state index is 0.182. The normalized spacial score (nSPS) is 12.5. The Kier molecular flexibility index (Phi) is 5.08. The minimum atomic E-state index is -0.887. The van der Waals surface area contributed by atoms with Crippen LogP contribution in [0.5, 0.6) is 0 Å². The first-order valence-electron chi connectivity index (χ1n) is 5.14. The fraction of sp³-hybridized carbons (Fsp3) is 0.417. The van der Waals surface area contributed by atoms with E-state index in [0.29, 0.717) is 22.0 Å². The Balaban J connectivity index is 2.94. The molecule has 17 heavy (non-hydrogen) atoms. The van der Waals surface area contributed by atoms with E-state index < -0.39 is 11.9 Å². The van der Waals surface area contributed by atoms with Crippen LogP contribution in [0.25, 0.3) is 0 Å². The third-order valence-corrected chi connectivity index (χ3v) is 3.16. The van der Waals surface area contributed by atoms with Gasteiger partial charge >= 0.3 is 5.97 Å². The summed E-state index contributed by atoms with van der Waals surface area (Å²) in [5.74, 6) is -1.80. The number of hydrogen-bond donors (Lipinski definition) is 1. The van der Waals surface area contributed by atoms with E-state index in [4.69, 9.17) is 9.84 Å². The molecule has 0 bridgehead atoms. The summed E-state index contributed by atoms with van der Waals surface area (Å²) in [4.78, 5) is 10.7. The lowest BCUT2D eigenvalue weighted by molar-refractivity contribution is -0.141. The van der Waals surface area contributed by atoms with Crippen LogP contribution in [0.3, 0.4) is 0 Å². The Morgan fingerprint density at radius 2 is 2.24 bits per heavy atom. The Morgan fingerprint density at radius 1 is 1.59 bits per heavy atom. The van der Waals surface area contributed by atoms with E-state index in [2.05, 4.69) is 15.9 Å². The second kappa shape index (κ2) is 6.12. The van der Waals surface area contributed by atoms with E-state index in [1.165, 1.54) is 13.2 Å². The van der Waals surface area contributed by atoms with E-state index in [9.17, 15) is 9.18 Å². The lowest BCUT2D eigenvalue weighted by Crippen LogP contribution is -2.12. The molecule has 0 heterocycles. The van der Waals surface area contributed by atoms with Crippen molar-refractivity contribution in [1.29, 1.82) is 0 Å². The highest BCUT2D eigenvalue weighted by Crippen LogP contribution is 2.24. The molecule has 0 saturated heterocycles. The van der Waals surface area contributed by atoms with Crippen molar-refractivity contribution in [1.82, 2.24) is 0 Å². The second-order valence-corrected chi connectivity index (χ2v) is 4.77. The van der Waals surface area contributed by atoms with E-state index in [-0.39, 0.29) is 12.4 Å². The highest BCUT2D eigenvalue weighted by Gasteiger charge is 2.15. The molecule has 94 valence electrons. The molecule has 3 nitrogen and oxygen atoms in total. The zero-order chi connectivity index (χ0) is 13.0. The van der Waals surface area contributed by atoms with Crippen molar-refractivity contribution < 1.29 is 19.0 Å². The van der Waals surface area contributed by atoms with Gasteiger partial charge in [0.05, 0.1) is 12.5 Å². The van der Waals surface area contributed by atoms with Gasteiger partial charge in [0, 0.05) is 17.1 Å². The topological polar surface area (TPSA) is 46.5 Å². The number of rotatable bonds is 5. The van der Waals surface area contributed by atoms with Crippen LogP contribution in [0.1, 0.15) is 18.1 Å². The maximum Gasteiger partial charge on any atom is 0.306 e. The zero-order valence-corrected chi connectivity index (χ0v) is 11.3. The molecule has 1 unspecified atom stereocenters. The average Bonchev–Trinajstić information content (AvgIpc) is 2.23. The number of hydrogen-bond acceptors (Lipinski definition) is 2. The monoisotopic (exact) mass is 304 g/mol. The predicted octanol–water partition coefficient (Wildman–Crippen LogP) is 3.00. The molecular weight excluding hydrogens is 291 g/mol. The van der Waals surface area contributed by atoms with Crippen molar-refractivity contribution in [3.8, 4) is 0 Å². The van der Waals surface area contributed by atoms with Crippen LogP contribution >= 0.6 is 15.9 Å². The first kappa shape index (κ1) is 14.1. The van der Waals surface area contributed by atoms with Gasteiger partial charge in [0.2, 0.25) is 0 Å². The van der Waals surface area contributed by atoms with Crippen LogP contribution in [0.2, 0.25) is 0 Å². The second-order valence-electron chi connectivity index (χ2n) is 3.91. The Labute approximate surface area is 108 Å². The average molecular weight is 305 g/mol. The molecule has 0 aliphatic heterocycles. The van der Waals surface area contributed by atoms with Gasteiger partial charge < -0.3 is 9.84 Å². The Hall–Kier alpha value is -0.940. The van der Waals surface area contributed by atoms with E-state index in [1.807, 2.05) is 0 Å². The summed E-state index contributed by atoms with van der Waals surface area (Å²) in [6, 6.07) is 3.09. The van der Waals surface area contributed by atoms with Gasteiger partial charge in [-0.3, -0.25) is 4.79 Å². The van der Waals surface area contributed by atoms with Crippen molar-refractivity contribution in [2.45, 2.75) is 20.0 Å². The summed E-state index contributed by atoms with van der Waals surface area (Å²) >= 11 is 3.26. The lowest BCUT2D eigenvalue weighted by atomic mass is 10.00. The maximum atomic E-state index is 13.7. The summed E-state index contributed by atoms with van der Waals surface area (Å²) in [6.45, 7) is 1.78. The number of carbonyl (C=O) groups is 1. The number of ether oxygens (including phenoxy) is 1. The quantitative estimate of drug-likeness (QED) is 0.909. The van der Waals surface area contributed by atoms with Crippen LogP contribution in [0.15, 0.2) is 16.6 Å². The van der Waals surface area contributed by atoms with Crippen molar-refractivity contribution >= 4 is 21.9 Å². The molecule has 0 saturated carbocycles. The van der Waals surface area contributed by atoms with Crippen LogP contribution < -0.4 is 0 Å². The molecule has 5 heteroatoms. The first-order chi connectivity index (χ1) is 7.95. The number of carboxylic acid groups (broad SMARTS) is 1. The summed E-state index contributed by atoms with van der Waals surface area (Å²) in [5, 5.41) is 8.80. The number of halogens is 2. The summed E-state index contributed by atoms with van der Waals surface area (Å²) in [5.41, 5.74) is 1.10. The third-order valence-electron chi connectivity index (χ3n) is 2.45. The predicted molar refractivity (Wildman–Crippen MR) is 65.3 cm³/mol. The third kappa shape index (κ3) is 3.78. The lowest BCUT2D eigenvalue weighted by Gasteiger charge is -2.10. The van der Waals surface area contributed by atoms with Crippen molar-refractivity contribution in [3.05, 3.63) is 33.5 Å². The first-order valence-corrected chi connectivity index (χ1v) is 5.93. The fourth-order valence-corrected chi connectivity index (χ4v) is 2.09. The molecule has 1 aromatic rings. The minimum Gasteiger partial charge on any atom is -0.481 e. The number of aliphatic carboxylic acids is 1. The molecule has 0 aliphatic carbocycles. The van der Waals surface area contributed by atoms with Gasteiger partial charge in [-0.2, -0.15) is 0 Å². The van der Waals surface area contributed by atoms with E-state index in [1.54, 1.807) is 13.0 Å². The molecule has 1 rings (SSSR count). The number of benzene rings is 1. The van der Waals surface area contributed by atoms with Gasteiger partial charge in [-0.1, -0.05) is 22.9 Å². The molecule has 0 aliphatic rings. The molecule has 1 atom stereocenters. The van der Waals surface area contributed by atoms with Gasteiger partial charge in [0.15, 0.2) is 0 Å². The van der Waals surface area contributed by atoms with Crippen LogP contribution in [-0.2, 0) is 22.6 Å². The van der Waals surface area contributed by atoms with Crippen LogP contribution in [0.4, 0.5) is 4.39 Å². The molecular formula is C12H14BrFO3. The number of carboxylic acids is 1. The summed E-state index contributed by atoms with van der Waals surface area (Å²) < 4.78 is 19.2. The van der Waals surface area contributed by atoms with Crippen LogP contribution in [-0.4, -0.2) is 18.2 Å². The molecule has 0 spiro atoms. The van der Waals surface area contributed by atoms with Gasteiger partial charge in [0.25, 0.3) is 0 Å². The van der Waals surface area contributed by atoms with Crippen molar-refractivity contribution in [2.75, 3.05) is 7.11 Å². The van der Waals surface area contributed by atoms with E-state index in [0.717, 1.165) is 0 Å². The fourth-order valence-electron chi connectivity index (χ4n) is 1.50. The van der Waals surface area contributed by atoms with Gasteiger partial charge in [0.1, 0.15) is 5.82 Å². The standard InChI is InChI=1S/C12H14BrFO3/c1-7(12(15)16)3-8-4-10(13)9(6-17-2)11(14)5-8/h4-5,7H,3,6H2,1-2H3,(H,15,16). The van der Waals surface area contributed by atoms with Crippen molar-refractivity contribution in [2.24, 2.45) is 5.92 Å². The highest BCUT2D eigenvalue weighted by atomic mass is 79.9. The summed E-state index contributed by atoms with van der Waals surface area (Å²) in [6.07, 6.45) is 0.304. The van der Waals surface area contributed by atoms with Gasteiger partial charge in [-0.05, 0) is 24.1 Å². The van der Waals surface area contributed by atoms with Gasteiger partial charge in [-0.25, -0.2) is 4.39 Å². The maximum absolute atomic E-state index is 13.7. The molecule has 0 aromatic heterocycles. The molecule has 1 N–H and O–H groups in total. The molecule has 0 radical (unpaired) electrons. The SMILES string of the molecule is COCc1c(F)cc(CC(C)C(=O)O)cc1Br. The Bertz CT molecular complexity index is 397. The highest BCUT2D eigenvalue weighted by molar-refractivity contribution is 9.10. The van der Waals surface area contributed by atoms with E-state index >= 15 is 0 Å². The largest absolute Gasteiger partial charge is 0.481 e. The Morgan fingerprint density at radius 3 is 2.71 bits per heavy atom. The number of methoxy groups -OCH3 is 1.